The Kier molecular flexibility index (Phi) is 3.57. The minimum absolute atomic E-state index is 0.413. The van der Waals surface area contributed by atoms with Crippen LogP contribution in [0, 0.1) is 11.8 Å². The molecule has 0 bridgehead atoms. The Balaban J connectivity index is 1.92. The maximum atomic E-state index is 10.5. The van der Waals surface area contributed by atoms with Gasteiger partial charge in [-0.2, -0.15) is 0 Å². The van der Waals surface area contributed by atoms with E-state index in [9.17, 15) is 5.11 Å². The van der Waals surface area contributed by atoms with Crippen LogP contribution >= 0.6 is 0 Å². The zero-order valence-corrected chi connectivity index (χ0v) is 10.7. The highest BCUT2D eigenvalue weighted by Crippen LogP contribution is 2.40. The second kappa shape index (κ2) is 4.63. The second-order valence-electron chi connectivity index (χ2n) is 6.03. The third-order valence-electron chi connectivity index (χ3n) is 4.44. The summed E-state index contributed by atoms with van der Waals surface area (Å²) >= 11 is 0. The summed E-state index contributed by atoms with van der Waals surface area (Å²) in [4.78, 5) is 2.44. The van der Waals surface area contributed by atoms with Crippen LogP contribution in [-0.2, 0) is 0 Å². The normalized spacial score (nSPS) is 36.0. The van der Waals surface area contributed by atoms with Crippen LogP contribution in [0.3, 0.4) is 0 Å². The minimum atomic E-state index is -0.616. The van der Waals surface area contributed by atoms with Crippen LogP contribution in [0.15, 0.2) is 0 Å². The van der Waals surface area contributed by atoms with E-state index in [4.69, 9.17) is 5.73 Å². The molecule has 1 aliphatic carbocycles. The molecule has 1 heterocycles. The van der Waals surface area contributed by atoms with Crippen molar-refractivity contribution in [3.8, 4) is 0 Å². The van der Waals surface area contributed by atoms with E-state index in [0.29, 0.717) is 18.5 Å². The topological polar surface area (TPSA) is 49.5 Å². The average Bonchev–Trinajstić information content (AvgIpc) is 3.06. The maximum Gasteiger partial charge on any atom is 0.0923 e. The predicted molar refractivity (Wildman–Crippen MR) is 66.2 cm³/mol. The van der Waals surface area contributed by atoms with Crippen LogP contribution in [0.25, 0.3) is 0 Å². The lowest BCUT2D eigenvalue weighted by Crippen LogP contribution is -2.54. The van der Waals surface area contributed by atoms with Crippen molar-refractivity contribution in [1.82, 2.24) is 4.90 Å². The Bertz CT molecular complexity index is 242. The Morgan fingerprint density at radius 2 is 2.00 bits per heavy atom. The number of hydrogen-bond acceptors (Lipinski definition) is 3. The van der Waals surface area contributed by atoms with E-state index in [1.54, 1.807) is 0 Å². The summed E-state index contributed by atoms with van der Waals surface area (Å²) in [5.41, 5.74) is 5.14. The smallest absolute Gasteiger partial charge is 0.0923 e. The number of nitrogens with two attached hydrogens (primary N) is 1. The van der Waals surface area contributed by atoms with Crippen LogP contribution in [0.2, 0.25) is 0 Å². The Morgan fingerprint density at radius 3 is 2.50 bits per heavy atom. The summed E-state index contributed by atoms with van der Waals surface area (Å²) in [5.74, 6) is 1.29. The molecule has 3 atom stereocenters. The molecule has 0 aromatic heterocycles. The largest absolute Gasteiger partial charge is 0.387 e. The molecule has 94 valence electrons. The first-order chi connectivity index (χ1) is 7.55. The molecule has 1 saturated carbocycles. The first-order valence-corrected chi connectivity index (χ1v) is 6.71. The summed E-state index contributed by atoms with van der Waals surface area (Å²) < 4.78 is 0. The van der Waals surface area contributed by atoms with Crippen molar-refractivity contribution in [3.63, 3.8) is 0 Å². The Labute approximate surface area is 99.0 Å². The van der Waals surface area contributed by atoms with Crippen molar-refractivity contribution in [2.75, 3.05) is 19.6 Å². The monoisotopic (exact) mass is 226 g/mol. The lowest BCUT2D eigenvalue weighted by atomic mass is 9.90. The molecule has 3 N–H and O–H groups in total. The number of hydrogen-bond donors (Lipinski definition) is 2. The highest BCUT2D eigenvalue weighted by atomic mass is 16.3. The van der Waals surface area contributed by atoms with Gasteiger partial charge >= 0.3 is 0 Å². The molecule has 0 aromatic rings. The van der Waals surface area contributed by atoms with Gasteiger partial charge in [-0.3, -0.25) is 4.90 Å². The van der Waals surface area contributed by atoms with Gasteiger partial charge < -0.3 is 10.8 Å². The molecule has 0 aromatic carbocycles. The fourth-order valence-electron chi connectivity index (χ4n) is 3.02. The zero-order chi connectivity index (χ0) is 11.8. The van der Waals surface area contributed by atoms with E-state index in [2.05, 4.69) is 18.7 Å². The predicted octanol–water partition coefficient (Wildman–Crippen LogP) is 1.21. The van der Waals surface area contributed by atoms with Crippen LogP contribution in [0.5, 0.6) is 0 Å². The molecule has 2 rings (SSSR count). The number of likely N-dealkylation sites (tertiary alicyclic amines) is 1. The molecule has 1 aliphatic heterocycles. The SMILES string of the molecule is CC1CCN(CC(O)(CN)C2CC2)C(C)C1. The summed E-state index contributed by atoms with van der Waals surface area (Å²) in [7, 11) is 0. The molecule has 16 heavy (non-hydrogen) atoms. The Morgan fingerprint density at radius 1 is 1.31 bits per heavy atom. The second-order valence-corrected chi connectivity index (χ2v) is 6.03. The van der Waals surface area contributed by atoms with Crippen molar-refractivity contribution >= 4 is 0 Å². The lowest BCUT2D eigenvalue weighted by molar-refractivity contribution is -0.0288. The average molecular weight is 226 g/mol. The molecular formula is C13H26N2O. The molecule has 2 fully saturated rings. The van der Waals surface area contributed by atoms with Crippen LogP contribution in [-0.4, -0.2) is 41.3 Å². The fraction of sp³-hybridized carbons (Fsp3) is 1.00. The lowest BCUT2D eigenvalue weighted by Gasteiger charge is -2.41. The third kappa shape index (κ3) is 2.58. The summed E-state index contributed by atoms with van der Waals surface area (Å²) in [6, 6.07) is 0.598. The molecule has 0 radical (unpaired) electrons. The molecule has 1 saturated heterocycles. The van der Waals surface area contributed by atoms with Gasteiger partial charge in [-0.25, -0.2) is 0 Å². The maximum absolute atomic E-state index is 10.5. The van der Waals surface area contributed by atoms with Gasteiger partial charge in [-0.15, -0.1) is 0 Å². The van der Waals surface area contributed by atoms with E-state index < -0.39 is 5.60 Å². The van der Waals surface area contributed by atoms with Crippen molar-refractivity contribution < 1.29 is 5.11 Å². The number of piperidine rings is 1. The minimum Gasteiger partial charge on any atom is -0.387 e. The third-order valence-corrected chi connectivity index (χ3v) is 4.44. The highest BCUT2D eigenvalue weighted by molar-refractivity contribution is 4.98. The van der Waals surface area contributed by atoms with Crippen LogP contribution in [0.4, 0.5) is 0 Å². The first kappa shape index (κ1) is 12.3. The van der Waals surface area contributed by atoms with Gasteiger partial charge in [0.05, 0.1) is 5.60 Å². The van der Waals surface area contributed by atoms with Gasteiger partial charge in [-0.1, -0.05) is 6.92 Å². The quantitative estimate of drug-likeness (QED) is 0.757. The van der Waals surface area contributed by atoms with Gasteiger partial charge in [0.25, 0.3) is 0 Å². The van der Waals surface area contributed by atoms with Gasteiger partial charge in [0, 0.05) is 19.1 Å². The van der Waals surface area contributed by atoms with Crippen molar-refractivity contribution in [2.24, 2.45) is 17.6 Å². The number of aliphatic hydroxyl groups is 1. The van der Waals surface area contributed by atoms with Gasteiger partial charge in [0.1, 0.15) is 0 Å². The van der Waals surface area contributed by atoms with Gasteiger partial charge in [-0.05, 0) is 51.0 Å². The number of β-amino-alcohol motifs (C(OH)–C–C–N with tert-alkyl or cyclic N) is 1. The van der Waals surface area contributed by atoms with E-state index in [1.165, 1.54) is 12.8 Å². The molecule has 0 amide bonds. The van der Waals surface area contributed by atoms with Crippen LogP contribution < -0.4 is 5.73 Å². The molecular weight excluding hydrogens is 200 g/mol. The molecule has 3 heteroatoms. The van der Waals surface area contributed by atoms with Crippen molar-refractivity contribution in [3.05, 3.63) is 0 Å². The van der Waals surface area contributed by atoms with Crippen LogP contribution in [0.1, 0.15) is 39.5 Å². The summed E-state index contributed by atoms with van der Waals surface area (Å²) in [6.07, 6.45) is 4.83. The number of nitrogens with zero attached hydrogens (tertiary/aromatic N) is 1. The number of rotatable bonds is 4. The molecule has 3 unspecified atom stereocenters. The molecule has 2 aliphatic rings. The summed E-state index contributed by atoms with van der Waals surface area (Å²) in [6.45, 7) is 6.92. The zero-order valence-electron chi connectivity index (χ0n) is 10.7. The standard InChI is InChI=1S/C13H26N2O/c1-10-5-6-15(11(2)7-10)9-13(16,8-14)12-3-4-12/h10-12,16H,3-9,14H2,1-2H3. The highest BCUT2D eigenvalue weighted by Gasteiger charge is 2.44. The van der Waals surface area contributed by atoms with Crippen molar-refractivity contribution in [2.45, 2.75) is 51.2 Å². The van der Waals surface area contributed by atoms with Gasteiger partial charge in [0.15, 0.2) is 0 Å². The van der Waals surface area contributed by atoms with Crippen molar-refractivity contribution in [1.29, 1.82) is 0 Å². The first-order valence-electron chi connectivity index (χ1n) is 6.71. The van der Waals surface area contributed by atoms with Gasteiger partial charge in [0.2, 0.25) is 0 Å². The van der Waals surface area contributed by atoms with E-state index in [1.807, 2.05) is 0 Å². The van der Waals surface area contributed by atoms with E-state index in [-0.39, 0.29) is 0 Å². The molecule has 0 spiro atoms. The Hall–Kier alpha value is -0.120. The molecule has 3 nitrogen and oxygen atoms in total. The fourth-order valence-corrected chi connectivity index (χ4v) is 3.02. The van der Waals surface area contributed by atoms with E-state index >= 15 is 0 Å². The summed E-state index contributed by atoms with van der Waals surface area (Å²) in [5, 5.41) is 10.5. The van der Waals surface area contributed by atoms with E-state index in [0.717, 1.165) is 31.8 Å².